The summed E-state index contributed by atoms with van der Waals surface area (Å²) in [5.41, 5.74) is 3.25. The van der Waals surface area contributed by atoms with Crippen molar-refractivity contribution in [1.82, 2.24) is 9.80 Å². The number of ether oxygens (including phenoxy) is 1. The first-order valence-electron chi connectivity index (χ1n) is 10.4. The van der Waals surface area contributed by atoms with Crippen molar-refractivity contribution >= 4 is 5.91 Å². The highest BCUT2D eigenvalue weighted by Crippen LogP contribution is 2.47. The Labute approximate surface area is 167 Å². The number of hydrogen-bond acceptors (Lipinski definition) is 3. The third-order valence-electron chi connectivity index (χ3n) is 7.04. The van der Waals surface area contributed by atoms with Crippen molar-refractivity contribution in [2.75, 3.05) is 26.7 Å². The summed E-state index contributed by atoms with van der Waals surface area (Å²) >= 11 is 0. The number of methoxy groups -OCH3 is 1. The lowest BCUT2D eigenvalue weighted by molar-refractivity contribution is -0.00341. The molecule has 3 atom stereocenters. The van der Waals surface area contributed by atoms with Crippen molar-refractivity contribution in [1.29, 1.82) is 0 Å². The Kier molecular flexibility index (Phi) is 4.39. The number of amides is 1. The summed E-state index contributed by atoms with van der Waals surface area (Å²) in [5, 5.41) is 0. The van der Waals surface area contributed by atoms with Gasteiger partial charge in [-0.3, -0.25) is 9.69 Å². The molecule has 0 radical (unpaired) electrons. The number of rotatable bonds is 3. The molecule has 4 saturated heterocycles. The molecule has 4 heteroatoms. The molecule has 28 heavy (non-hydrogen) atoms. The molecular weight excluding hydrogens is 348 g/mol. The minimum Gasteiger partial charge on any atom is -0.497 e. The van der Waals surface area contributed by atoms with Gasteiger partial charge in [-0.05, 0) is 68.6 Å². The normalized spacial score (nSPS) is 30.9. The molecule has 0 spiro atoms. The Morgan fingerprint density at radius 1 is 1.04 bits per heavy atom. The maximum Gasteiger partial charge on any atom is 0.254 e. The van der Waals surface area contributed by atoms with E-state index in [1.807, 2.05) is 24.3 Å². The van der Waals surface area contributed by atoms with E-state index in [1.165, 1.54) is 31.5 Å². The number of carbonyl (C=O) groups excluding carboxylic acids is 1. The lowest BCUT2D eigenvalue weighted by Gasteiger charge is -2.51. The highest BCUT2D eigenvalue weighted by atomic mass is 16.5. The first-order chi connectivity index (χ1) is 13.7. The summed E-state index contributed by atoms with van der Waals surface area (Å²) in [5.74, 6) is 2.06. The van der Waals surface area contributed by atoms with Crippen molar-refractivity contribution in [3.63, 3.8) is 0 Å². The Hall–Kier alpha value is -2.33. The molecule has 4 aliphatic rings. The molecule has 4 aliphatic heterocycles. The summed E-state index contributed by atoms with van der Waals surface area (Å²) < 4.78 is 5.48. The average molecular weight is 377 g/mol. The Morgan fingerprint density at radius 2 is 1.82 bits per heavy atom. The highest BCUT2D eigenvalue weighted by molar-refractivity contribution is 5.95. The van der Waals surface area contributed by atoms with Crippen LogP contribution >= 0.6 is 0 Å². The number of piperidine rings is 3. The molecule has 0 unspecified atom stereocenters. The van der Waals surface area contributed by atoms with Crippen LogP contribution in [-0.2, 0) is 0 Å². The van der Waals surface area contributed by atoms with Crippen LogP contribution in [0.5, 0.6) is 5.75 Å². The topological polar surface area (TPSA) is 32.8 Å². The van der Waals surface area contributed by atoms with Crippen LogP contribution in [0.25, 0.3) is 0 Å². The van der Waals surface area contributed by atoms with Crippen molar-refractivity contribution < 1.29 is 9.53 Å². The maximum atomic E-state index is 13.5. The summed E-state index contributed by atoms with van der Waals surface area (Å²) in [6.07, 6.45) is 2.42. The van der Waals surface area contributed by atoms with Crippen LogP contribution < -0.4 is 4.74 Å². The van der Waals surface area contributed by atoms with Gasteiger partial charge >= 0.3 is 0 Å². The summed E-state index contributed by atoms with van der Waals surface area (Å²) in [4.78, 5) is 18.3. The molecule has 2 bridgehead atoms. The van der Waals surface area contributed by atoms with Gasteiger partial charge in [0.25, 0.3) is 5.91 Å². The summed E-state index contributed by atoms with van der Waals surface area (Å²) in [6.45, 7) is 5.18. The second kappa shape index (κ2) is 6.93. The molecule has 2 aromatic carbocycles. The number of benzene rings is 2. The number of likely N-dealkylation sites (tertiary alicyclic amines) is 1. The van der Waals surface area contributed by atoms with Gasteiger partial charge in [-0.1, -0.05) is 29.8 Å². The lowest BCUT2D eigenvalue weighted by Crippen LogP contribution is -2.60. The van der Waals surface area contributed by atoms with Crippen LogP contribution in [0.2, 0.25) is 0 Å². The molecule has 4 heterocycles. The van der Waals surface area contributed by atoms with Crippen LogP contribution in [0.3, 0.4) is 0 Å². The van der Waals surface area contributed by atoms with Crippen molar-refractivity contribution in [2.45, 2.75) is 37.8 Å². The zero-order valence-corrected chi connectivity index (χ0v) is 16.7. The van der Waals surface area contributed by atoms with E-state index in [0.29, 0.717) is 23.9 Å². The van der Waals surface area contributed by atoms with Crippen molar-refractivity contribution in [2.24, 2.45) is 5.92 Å². The molecule has 146 valence electrons. The Morgan fingerprint density at radius 3 is 2.57 bits per heavy atom. The van der Waals surface area contributed by atoms with Gasteiger partial charge in [0.1, 0.15) is 5.75 Å². The first kappa shape index (κ1) is 17.7. The van der Waals surface area contributed by atoms with Crippen LogP contribution in [0.1, 0.15) is 40.2 Å². The van der Waals surface area contributed by atoms with E-state index >= 15 is 0 Å². The molecule has 0 N–H and O–H groups in total. The largest absolute Gasteiger partial charge is 0.497 e. The fourth-order valence-corrected chi connectivity index (χ4v) is 5.76. The Balaban J connectivity index is 1.53. The lowest BCUT2D eigenvalue weighted by atomic mass is 9.75. The molecule has 0 aliphatic carbocycles. The number of hydrogen-bond donors (Lipinski definition) is 0. The number of aryl methyl sites for hydroxylation is 1. The van der Waals surface area contributed by atoms with E-state index in [0.717, 1.165) is 23.4 Å². The summed E-state index contributed by atoms with van der Waals surface area (Å²) in [6, 6.07) is 17.2. The van der Waals surface area contributed by atoms with Crippen molar-refractivity contribution in [3.8, 4) is 5.75 Å². The number of carbonyl (C=O) groups is 1. The van der Waals surface area contributed by atoms with Gasteiger partial charge in [0.15, 0.2) is 0 Å². The standard InChI is InChI=1S/C24H28N2O2/c1-16-5-3-7-19(13-16)24(27)26-15-21(18-6-4-8-20(14-18)28-2)23-22(26)17-9-11-25(23)12-10-17/h3-8,13-14,17,21-23H,9-12,15H2,1-2H3/t21-,22+,23+/m0/s1. The van der Waals surface area contributed by atoms with Gasteiger partial charge in [-0.2, -0.15) is 0 Å². The zero-order chi connectivity index (χ0) is 19.3. The zero-order valence-electron chi connectivity index (χ0n) is 16.7. The molecule has 0 saturated carbocycles. The van der Waals surface area contributed by atoms with E-state index in [2.05, 4.69) is 41.0 Å². The smallest absolute Gasteiger partial charge is 0.254 e. The molecule has 2 aromatic rings. The predicted octanol–water partition coefficient (Wildman–Crippen LogP) is 3.71. The number of nitrogens with zero attached hydrogens (tertiary/aromatic N) is 2. The van der Waals surface area contributed by atoms with Gasteiger partial charge in [-0.25, -0.2) is 0 Å². The number of fused-ring (bicyclic) bond motifs is 2. The Bertz CT molecular complexity index is 888. The minimum absolute atomic E-state index is 0.192. The van der Waals surface area contributed by atoms with Crippen LogP contribution in [0, 0.1) is 12.8 Å². The maximum absolute atomic E-state index is 13.5. The van der Waals surface area contributed by atoms with Crippen LogP contribution in [0.15, 0.2) is 48.5 Å². The molecule has 6 rings (SSSR count). The highest BCUT2D eigenvalue weighted by Gasteiger charge is 2.54. The van der Waals surface area contributed by atoms with E-state index in [-0.39, 0.29) is 5.91 Å². The average Bonchev–Trinajstić information content (AvgIpc) is 3.17. The monoisotopic (exact) mass is 376 g/mol. The quantitative estimate of drug-likeness (QED) is 0.819. The van der Waals surface area contributed by atoms with E-state index in [4.69, 9.17) is 4.74 Å². The van der Waals surface area contributed by atoms with Gasteiger partial charge in [0, 0.05) is 24.1 Å². The van der Waals surface area contributed by atoms with Gasteiger partial charge in [0.05, 0.1) is 13.2 Å². The molecule has 4 fully saturated rings. The third-order valence-corrected chi connectivity index (χ3v) is 7.04. The fraction of sp³-hybridized carbons (Fsp3) is 0.458. The van der Waals surface area contributed by atoms with Crippen molar-refractivity contribution in [3.05, 3.63) is 65.2 Å². The molecule has 1 amide bonds. The second-order valence-corrected chi connectivity index (χ2v) is 8.56. The molecule has 4 nitrogen and oxygen atoms in total. The molecule has 0 aromatic heterocycles. The minimum atomic E-state index is 0.192. The van der Waals surface area contributed by atoms with Crippen LogP contribution in [-0.4, -0.2) is 54.5 Å². The van der Waals surface area contributed by atoms with Gasteiger partial charge in [-0.15, -0.1) is 0 Å². The van der Waals surface area contributed by atoms with E-state index in [1.54, 1.807) is 7.11 Å². The van der Waals surface area contributed by atoms with Crippen LogP contribution in [0.4, 0.5) is 0 Å². The predicted molar refractivity (Wildman–Crippen MR) is 110 cm³/mol. The fourth-order valence-electron chi connectivity index (χ4n) is 5.76. The van der Waals surface area contributed by atoms with E-state index < -0.39 is 0 Å². The second-order valence-electron chi connectivity index (χ2n) is 8.56. The first-order valence-corrected chi connectivity index (χ1v) is 10.4. The molecular formula is C24H28N2O2. The SMILES string of the molecule is COc1cccc([C@@H]2CN(C(=O)c3cccc(C)c3)[C@@H]3C4CCN(CC4)[C@@H]32)c1. The van der Waals surface area contributed by atoms with E-state index in [9.17, 15) is 4.79 Å². The van der Waals surface area contributed by atoms with Gasteiger partial charge < -0.3 is 9.64 Å². The third kappa shape index (κ3) is 2.82. The van der Waals surface area contributed by atoms with Gasteiger partial charge in [0.2, 0.25) is 0 Å². The summed E-state index contributed by atoms with van der Waals surface area (Å²) in [7, 11) is 1.72.